The average molecular weight is 310 g/mol. The van der Waals surface area contributed by atoms with Gasteiger partial charge in [0.25, 0.3) is 0 Å². The Bertz CT molecular complexity index is 628. The van der Waals surface area contributed by atoms with E-state index in [0.717, 1.165) is 24.8 Å². The van der Waals surface area contributed by atoms with Gasteiger partial charge in [-0.2, -0.15) is 0 Å². The molecule has 0 saturated heterocycles. The predicted molar refractivity (Wildman–Crippen MR) is 80.9 cm³/mol. The molecule has 1 amide bonds. The van der Waals surface area contributed by atoms with Crippen LogP contribution in [0.15, 0.2) is 29.2 Å². The van der Waals surface area contributed by atoms with Crippen molar-refractivity contribution in [2.45, 2.75) is 44.0 Å². The summed E-state index contributed by atoms with van der Waals surface area (Å²) in [5, 5.41) is 8.10. The number of hydrogen-bond donors (Lipinski definition) is 2. The normalized spacial score (nSPS) is 23.8. The zero-order valence-electron chi connectivity index (χ0n) is 12.4. The van der Waals surface area contributed by atoms with Crippen LogP contribution >= 0.6 is 0 Å². The van der Waals surface area contributed by atoms with Gasteiger partial charge in [0.15, 0.2) is 0 Å². The minimum absolute atomic E-state index is 0.0495. The number of carbonyl (C=O) groups excluding carboxylic acids is 1. The molecule has 5 nitrogen and oxygen atoms in total. The third-order valence-electron chi connectivity index (χ3n) is 4.24. The number of sulfonamides is 1. The molecule has 3 atom stereocenters. The van der Waals surface area contributed by atoms with Crippen LogP contribution < -0.4 is 10.5 Å². The lowest BCUT2D eigenvalue weighted by Gasteiger charge is -2.20. The fourth-order valence-corrected chi connectivity index (χ4v) is 3.47. The fourth-order valence-electron chi connectivity index (χ4n) is 2.90. The quantitative estimate of drug-likeness (QED) is 0.890. The van der Waals surface area contributed by atoms with Crippen molar-refractivity contribution in [3.05, 3.63) is 29.8 Å². The van der Waals surface area contributed by atoms with Gasteiger partial charge >= 0.3 is 0 Å². The number of nitrogens with two attached hydrogens (primary N) is 1. The lowest BCUT2D eigenvalue weighted by Crippen LogP contribution is -2.34. The van der Waals surface area contributed by atoms with Crippen molar-refractivity contribution >= 4 is 15.9 Å². The number of primary sulfonamides is 1. The van der Waals surface area contributed by atoms with Gasteiger partial charge in [0.1, 0.15) is 0 Å². The number of hydrogen-bond acceptors (Lipinski definition) is 3. The Kier molecular flexibility index (Phi) is 4.68. The molecule has 0 heterocycles. The maximum Gasteiger partial charge on any atom is 0.238 e. The Morgan fingerprint density at radius 2 is 2.10 bits per heavy atom. The molecule has 1 aliphatic rings. The van der Waals surface area contributed by atoms with Crippen molar-refractivity contribution in [2.24, 2.45) is 17.0 Å². The molecular weight excluding hydrogens is 288 g/mol. The second-order valence-electron chi connectivity index (χ2n) is 5.86. The molecule has 1 aliphatic carbocycles. The molecular formula is C15H22N2O3S. The van der Waals surface area contributed by atoms with E-state index in [1.54, 1.807) is 12.1 Å². The maximum atomic E-state index is 12.3. The highest BCUT2D eigenvalue weighted by Gasteiger charge is 2.30. The van der Waals surface area contributed by atoms with E-state index in [0.29, 0.717) is 5.92 Å². The zero-order valence-corrected chi connectivity index (χ0v) is 13.2. The van der Waals surface area contributed by atoms with Gasteiger partial charge < -0.3 is 5.32 Å². The first-order valence-corrected chi connectivity index (χ1v) is 8.77. The van der Waals surface area contributed by atoms with Crippen molar-refractivity contribution in [1.29, 1.82) is 0 Å². The van der Waals surface area contributed by atoms with Gasteiger partial charge in [0, 0.05) is 5.92 Å². The maximum absolute atomic E-state index is 12.3. The first-order valence-electron chi connectivity index (χ1n) is 7.22. The standard InChI is InChI=1S/C15H22N2O3S/c1-10-5-3-8-14(10)15(18)17-11(2)12-6-4-7-13(9-12)21(16,19)20/h4,6-7,9-11,14H,3,5,8H2,1-2H3,(H,17,18)(H2,16,19,20). The summed E-state index contributed by atoms with van der Waals surface area (Å²) in [7, 11) is -3.72. The van der Waals surface area contributed by atoms with Crippen LogP contribution in [0.2, 0.25) is 0 Å². The summed E-state index contributed by atoms with van der Waals surface area (Å²) >= 11 is 0. The Hall–Kier alpha value is -1.40. The van der Waals surface area contributed by atoms with Crippen LogP contribution in [0.1, 0.15) is 44.7 Å². The van der Waals surface area contributed by atoms with Crippen LogP contribution in [0.4, 0.5) is 0 Å². The molecule has 21 heavy (non-hydrogen) atoms. The number of benzene rings is 1. The third kappa shape index (κ3) is 3.83. The molecule has 6 heteroatoms. The fraction of sp³-hybridized carbons (Fsp3) is 0.533. The summed E-state index contributed by atoms with van der Waals surface area (Å²) < 4.78 is 22.7. The Labute approximate surface area is 126 Å². The molecule has 1 aromatic carbocycles. The highest BCUT2D eigenvalue weighted by molar-refractivity contribution is 7.89. The molecule has 0 radical (unpaired) electrons. The minimum atomic E-state index is -3.72. The zero-order chi connectivity index (χ0) is 15.6. The van der Waals surface area contributed by atoms with Crippen LogP contribution in [-0.4, -0.2) is 14.3 Å². The van der Waals surface area contributed by atoms with Gasteiger partial charge in [0.2, 0.25) is 15.9 Å². The molecule has 3 unspecified atom stereocenters. The highest BCUT2D eigenvalue weighted by atomic mass is 32.2. The summed E-state index contributed by atoms with van der Waals surface area (Å²) in [6, 6.07) is 6.14. The van der Waals surface area contributed by atoms with Gasteiger partial charge in [-0.05, 0) is 43.4 Å². The predicted octanol–water partition coefficient (Wildman–Crippen LogP) is 1.95. The Morgan fingerprint density at radius 1 is 1.38 bits per heavy atom. The van der Waals surface area contributed by atoms with E-state index >= 15 is 0 Å². The molecule has 0 aliphatic heterocycles. The van der Waals surface area contributed by atoms with Gasteiger partial charge in [0.05, 0.1) is 10.9 Å². The highest BCUT2D eigenvalue weighted by Crippen LogP contribution is 2.31. The third-order valence-corrected chi connectivity index (χ3v) is 5.15. The topological polar surface area (TPSA) is 89.3 Å². The lowest BCUT2D eigenvalue weighted by atomic mass is 9.96. The van der Waals surface area contributed by atoms with Gasteiger partial charge in [-0.1, -0.05) is 25.5 Å². The van der Waals surface area contributed by atoms with Crippen molar-refractivity contribution in [3.63, 3.8) is 0 Å². The molecule has 3 N–H and O–H groups in total. The number of carbonyl (C=O) groups is 1. The average Bonchev–Trinajstić information content (AvgIpc) is 2.84. The summed E-state index contributed by atoms with van der Waals surface area (Å²) in [6.07, 6.45) is 3.11. The van der Waals surface area contributed by atoms with Crippen LogP contribution in [0, 0.1) is 11.8 Å². The SMILES string of the molecule is CC(NC(=O)C1CCCC1C)c1cccc(S(N)(=O)=O)c1. The molecule has 1 aromatic rings. The number of amides is 1. The van der Waals surface area contributed by atoms with Crippen molar-refractivity contribution in [2.75, 3.05) is 0 Å². The van der Waals surface area contributed by atoms with Crippen LogP contribution in [0.3, 0.4) is 0 Å². The molecule has 1 fully saturated rings. The largest absolute Gasteiger partial charge is 0.349 e. The molecule has 2 rings (SSSR count). The summed E-state index contributed by atoms with van der Waals surface area (Å²) in [6.45, 7) is 3.95. The van der Waals surface area contributed by atoms with Crippen molar-refractivity contribution in [3.8, 4) is 0 Å². The van der Waals surface area contributed by atoms with E-state index in [9.17, 15) is 13.2 Å². The summed E-state index contributed by atoms with van der Waals surface area (Å²) in [4.78, 5) is 12.3. The van der Waals surface area contributed by atoms with E-state index < -0.39 is 10.0 Å². The lowest BCUT2D eigenvalue weighted by molar-refractivity contribution is -0.126. The smallest absolute Gasteiger partial charge is 0.238 e. The van der Waals surface area contributed by atoms with Gasteiger partial charge in [-0.25, -0.2) is 13.6 Å². The van der Waals surface area contributed by atoms with Crippen molar-refractivity contribution in [1.82, 2.24) is 5.32 Å². The first-order chi connectivity index (χ1) is 9.79. The minimum Gasteiger partial charge on any atom is -0.349 e. The molecule has 0 bridgehead atoms. The first kappa shape index (κ1) is 16.0. The van der Waals surface area contributed by atoms with Gasteiger partial charge in [-0.3, -0.25) is 4.79 Å². The van der Waals surface area contributed by atoms with E-state index in [1.165, 1.54) is 12.1 Å². The Morgan fingerprint density at radius 3 is 2.67 bits per heavy atom. The summed E-state index contributed by atoms with van der Waals surface area (Å²) in [5.41, 5.74) is 0.737. The van der Waals surface area contributed by atoms with E-state index in [1.807, 2.05) is 6.92 Å². The van der Waals surface area contributed by atoms with E-state index in [4.69, 9.17) is 5.14 Å². The monoisotopic (exact) mass is 310 g/mol. The van der Waals surface area contributed by atoms with Crippen LogP contribution in [0.5, 0.6) is 0 Å². The van der Waals surface area contributed by atoms with Crippen molar-refractivity contribution < 1.29 is 13.2 Å². The number of nitrogens with one attached hydrogen (secondary N) is 1. The Balaban J connectivity index is 2.10. The molecule has 116 valence electrons. The summed E-state index contributed by atoms with van der Waals surface area (Å²) in [5.74, 6) is 0.523. The second kappa shape index (κ2) is 6.15. The van der Waals surface area contributed by atoms with Crippen LogP contribution in [-0.2, 0) is 14.8 Å². The molecule has 0 spiro atoms. The second-order valence-corrected chi connectivity index (χ2v) is 7.42. The van der Waals surface area contributed by atoms with Crippen LogP contribution in [0.25, 0.3) is 0 Å². The van der Waals surface area contributed by atoms with E-state index in [2.05, 4.69) is 12.2 Å². The van der Waals surface area contributed by atoms with Gasteiger partial charge in [-0.15, -0.1) is 0 Å². The van der Waals surface area contributed by atoms with E-state index in [-0.39, 0.29) is 22.8 Å². The molecule has 1 saturated carbocycles. The molecule has 0 aromatic heterocycles. The number of rotatable bonds is 4.